The maximum Gasteiger partial charge on any atom is 0.324 e. The van der Waals surface area contributed by atoms with Gasteiger partial charge in [0.05, 0.1) is 13.2 Å². The SMILES string of the molecule is Cc1c(Cl)nc(-c2ccc(NC(=O)Nc3cccc(F)c3)nc2)nc1N1CCOCC1. The summed E-state index contributed by atoms with van der Waals surface area (Å²) in [5, 5.41) is 5.52. The van der Waals surface area contributed by atoms with Crippen LogP contribution in [-0.4, -0.2) is 47.3 Å². The van der Waals surface area contributed by atoms with Crippen LogP contribution in [0.5, 0.6) is 0 Å². The first-order valence-corrected chi connectivity index (χ1v) is 10.0. The van der Waals surface area contributed by atoms with E-state index in [9.17, 15) is 9.18 Å². The first-order chi connectivity index (χ1) is 15.0. The number of aromatic nitrogens is 3. The van der Waals surface area contributed by atoms with E-state index in [2.05, 4.69) is 30.5 Å². The zero-order chi connectivity index (χ0) is 21.8. The van der Waals surface area contributed by atoms with Gasteiger partial charge in [-0.1, -0.05) is 17.7 Å². The molecule has 3 heterocycles. The Morgan fingerprint density at radius 2 is 1.97 bits per heavy atom. The molecule has 8 nitrogen and oxygen atoms in total. The molecule has 4 rings (SSSR count). The fourth-order valence-corrected chi connectivity index (χ4v) is 3.30. The van der Waals surface area contributed by atoms with Crippen molar-refractivity contribution in [1.29, 1.82) is 0 Å². The molecule has 0 radical (unpaired) electrons. The summed E-state index contributed by atoms with van der Waals surface area (Å²) in [7, 11) is 0. The van der Waals surface area contributed by atoms with Crippen molar-refractivity contribution in [3.8, 4) is 11.4 Å². The molecule has 0 saturated carbocycles. The minimum absolute atomic E-state index is 0.323. The largest absolute Gasteiger partial charge is 0.378 e. The third-order valence-corrected chi connectivity index (χ3v) is 5.09. The van der Waals surface area contributed by atoms with Crippen LogP contribution in [0.3, 0.4) is 0 Å². The quantitative estimate of drug-likeness (QED) is 0.590. The molecule has 31 heavy (non-hydrogen) atoms. The maximum atomic E-state index is 13.2. The Morgan fingerprint density at radius 1 is 1.16 bits per heavy atom. The van der Waals surface area contributed by atoms with Gasteiger partial charge in [-0.15, -0.1) is 0 Å². The van der Waals surface area contributed by atoms with Gasteiger partial charge >= 0.3 is 6.03 Å². The Balaban J connectivity index is 1.48. The van der Waals surface area contributed by atoms with Crippen molar-refractivity contribution < 1.29 is 13.9 Å². The highest BCUT2D eigenvalue weighted by Crippen LogP contribution is 2.28. The van der Waals surface area contributed by atoms with Crippen molar-refractivity contribution in [1.82, 2.24) is 15.0 Å². The zero-order valence-electron chi connectivity index (χ0n) is 16.7. The highest BCUT2D eigenvalue weighted by atomic mass is 35.5. The summed E-state index contributed by atoms with van der Waals surface area (Å²) >= 11 is 6.35. The third-order valence-electron chi connectivity index (χ3n) is 4.72. The van der Waals surface area contributed by atoms with Gasteiger partial charge in [-0.2, -0.15) is 0 Å². The van der Waals surface area contributed by atoms with Crippen molar-refractivity contribution in [2.45, 2.75) is 6.92 Å². The van der Waals surface area contributed by atoms with Crippen LogP contribution in [0.25, 0.3) is 11.4 Å². The molecule has 0 bridgehead atoms. The van der Waals surface area contributed by atoms with Crippen molar-refractivity contribution in [2.24, 2.45) is 0 Å². The zero-order valence-corrected chi connectivity index (χ0v) is 17.5. The van der Waals surface area contributed by atoms with Gasteiger partial charge in [0, 0.05) is 36.1 Å². The summed E-state index contributed by atoms with van der Waals surface area (Å²) in [6.45, 7) is 4.62. The molecule has 0 unspecified atom stereocenters. The van der Waals surface area contributed by atoms with E-state index in [-0.39, 0.29) is 0 Å². The van der Waals surface area contributed by atoms with E-state index >= 15 is 0 Å². The normalized spacial score (nSPS) is 13.7. The van der Waals surface area contributed by atoms with Crippen molar-refractivity contribution in [2.75, 3.05) is 41.8 Å². The Bertz CT molecular complexity index is 1090. The number of benzene rings is 1. The topological polar surface area (TPSA) is 92.3 Å². The Kier molecular flexibility index (Phi) is 6.24. The van der Waals surface area contributed by atoms with E-state index in [0.29, 0.717) is 41.3 Å². The molecule has 1 aromatic carbocycles. The first kappa shape index (κ1) is 21.0. The van der Waals surface area contributed by atoms with E-state index in [1.54, 1.807) is 24.4 Å². The molecule has 2 aromatic heterocycles. The average Bonchev–Trinajstić information content (AvgIpc) is 2.76. The number of anilines is 3. The van der Waals surface area contributed by atoms with Crippen molar-refractivity contribution in [3.05, 3.63) is 59.1 Å². The summed E-state index contributed by atoms with van der Waals surface area (Å²) < 4.78 is 18.6. The lowest BCUT2D eigenvalue weighted by Crippen LogP contribution is -2.37. The van der Waals surface area contributed by atoms with Gasteiger partial charge in [0.2, 0.25) is 0 Å². The highest BCUT2D eigenvalue weighted by molar-refractivity contribution is 6.30. The van der Waals surface area contributed by atoms with Crippen LogP contribution in [0.2, 0.25) is 5.15 Å². The van der Waals surface area contributed by atoms with Crippen LogP contribution < -0.4 is 15.5 Å². The number of morpholine rings is 1. The van der Waals surface area contributed by atoms with E-state index < -0.39 is 11.8 Å². The number of urea groups is 1. The highest BCUT2D eigenvalue weighted by Gasteiger charge is 2.19. The summed E-state index contributed by atoms with van der Waals surface area (Å²) in [6.07, 6.45) is 1.56. The summed E-state index contributed by atoms with van der Waals surface area (Å²) in [5.74, 6) is 1.10. The second kappa shape index (κ2) is 9.23. The molecule has 2 amide bonds. The maximum absolute atomic E-state index is 13.2. The number of ether oxygens (including phenoxy) is 1. The minimum atomic E-state index is -0.532. The smallest absolute Gasteiger partial charge is 0.324 e. The predicted octanol–water partition coefficient (Wildman–Crippen LogP) is 4.12. The van der Waals surface area contributed by atoms with Crippen LogP contribution in [0.15, 0.2) is 42.6 Å². The van der Waals surface area contributed by atoms with E-state index in [0.717, 1.165) is 24.5 Å². The fourth-order valence-electron chi connectivity index (χ4n) is 3.14. The van der Waals surface area contributed by atoms with Gasteiger partial charge in [-0.3, -0.25) is 5.32 Å². The molecule has 0 atom stereocenters. The van der Waals surface area contributed by atoms with Crippen LogP contribution in [0, 0.1) is 12.7 Å². The fraction of sp³-hybridized carbons (Fsp3) is 0.238. The number of rotatable bonds is 4. The molecule has 0 spiro atoms. The third kappa shape index (κ3) is 5.07. The number of hydrogen-bond donors (Lipinski definition) is 2. The molecule has 0 aliphatic carbocycles. The molecule has 2 N–H and O–H groups in total. The van der Waals surface area contributed by atoms with Gasteiger partial charge in [0.15, 0.2) is 5.82 Å². The summed E-state index contributed by atoms with van der Waals surface area (Å²) in [5.41, 5.74) is 1.81. The van der Waals surface area contributed by atoms with Crippen LogP contribution in [0.4, 0.5) is 26.5 Å². The predicted molar refractivity (Wildman–Crippen MR) is 117 cm³/mol. The van der Waals surface area contributed by atoms with Crippen molar-refractivity contribution in [3.63, 3.8) is 0 Å². The number of amides is 2. The molecule has 1 aliphatic heterocycles. The Hall–Kier alpha value is -3.30. The molecule has 1 fully saturated rings. The van der Waals surface area contributed by atoms with E-state index in [1.807, 2.05) is 6.92 Å². The molecular formula is C21H20ClFN6O2. The molecule has 10 heteroatoms. The number of nitrogens with one attached hydrogen (secondary N) is 2. The lowest BCUT2D eigenvalue weighted by atomic mass is 10.2. The first-order valence-electron chi connectivity index (χ1n) is 9.66. The average molecular weight is 443 g/mol. The van der Waals surface area contributed by atoms with Gasteiger partial charge < -0.3 is 15.0 Å². The van der Waals surface area contributed by atoms with Gasteiger partial charge in [0.1, 0.15) is 22.6 Å². The van der Waals surface area contributed by atoms with Crippen LogP contribution in [-0.2, 0) is 4.74 Å². The van der Waals surface area contributed by atoms with Crippen LogP contribution in [0.1, 0.15) is 5.56 Å². The van der Waals surface area contributed by atoms with Crippen molar-refractivity contribution >= 4 is 35.0 Å². The second-order valence-corrected chi connectivity index (χ2v) is 7.27. The second-order valence-electron chi connectivity index (χ2n) is 6.91. The van der Waals surface area contributed by atoms with Crippen LogP contribution >= 0.6 is 11.6 Å². The number of nitrogens with zero attached hydrogens (tertiary/aromatic N) is 4. The monoisotopic (exact) mass is 442 g/mol. The minimum Gasteiger partial charge on any atom is -0.378 e. The molecule has 3 aromatic rings. The lowest BCUT2D eigenvalue weighted by Gasteiger charge is -2.29. The number of hydrogen-bond acceptors (Lipinski definition) is 6. The van der Waals surface area contributed by atoms with E-state index in [1.165, 1.54) is 18.2 Å². The number of carbonyl (C=O) groups is 1. The molecular weight excluding hydrogens is 423 g/mol. The summed E-state index contributed by atoms with van der Waals surface area (Å²) in [6, 6.07) is 8.46. The Labute approximate surface area is 183 Å². The number of pyridine rings is 1. The lowest BCUT2D eigenvalue weighted by molar-refractivity contribution is 0.122. The molecule has 160 valence electrons. The molecule has 1 saturated heterocycles. The standard InChI is InChI=1S/C21H20ClFN6O2/c1-13-18(22)27-19(28-20(13)29-7-9-31-10-8-29)14-5-6-17(24-12-14)26-21(30)25-16-4-2-3-15(23)11-16/h2-6,11-12H,7-10H2,1H3,(H2,24,25,26,30). The number of carbonyl (C=O) groups excluding carboxylic acids is 1. The Morgan fingerprint density at radius 3 is 2.68 bits per heavy atom. The molecule has 1 aliphatic rings. The van der Waals surface area contributed by atoms with Gasteiger partial charge in [-0.25, -0.2) is 24.1 Å². The number of halogens is 2. The van der Waals surface area contributed by atoms with Gasteiger partial charge in [0.25, 0.3) is 0 Å². The summed E-state index contributed by atoms with van der Waals surface area (Å²) in [4.78, 5) is 27.5. The van der Waals surface area contributed by atoms with Gasteiger partial charge in [-0.05, 0) is 37.3 Å². The van der Waals surface area contributed by atoms with E-state index in [4.69, 9.17) is 16.3 Å².